The van der Waals surface area contributed by atoms with Crippen molar-refractivity contribution >= 4 is 34.7 Å². The lowest BCUT2D eigenvalue weighted by Gasteiger charge is -2.30. The van der Waals surface area contributed by atoms with E-state index in [0.717, 1.165) is 54.6 Å². The zero-order valence-corrected chi connectivity index (χ0v) is 18.7. The third-order valence-corrected chi connectivity index (χ3v) is 7.17. The minimum absolute atomic E-state index is 0.0815. The average molecular weight is 439 g/mol. The summed E-state index contributed by atoms with van der Waals surface area (Å²) < 4.78 is 0. The largest absolute Gasteiger partial charge is 0.326 e. The summed E-state index contributed by atoms with van der Waals surface area (Å²) in [5, 5.41) is 6.34. The predicted molar refractivity (Wildman–Crippen MR) is 124 cm³/mol. The fraction of sp³-hybridized carbons (Fsp3) is 0.348. The number of aromatic nitrogens is 2. The highest BCUT2D eigenvalue weighted by Gasteiger charge is 2.25. The first-order valence-corrected chi connectivity index (χ1v) is 12.1. The first-order chi connectivity index (χ1) is 14.7. The molecule has 2 aromatic heterocycles. The summed E-state index contributed by atoms with van der Waals surface area (Å²) in [7, 11) is 0. The number of nitrogens with zero attached hydrogens (tertiary/aromatic N) is 3. The van der Waals surface area contributed by atoms with E-state index in [9.17, 15) is 4.79 Å². The second kappa shape index (κ2) is 10.2. The van der Waals surface area contributed by atoms with Crippen molar-refractivity contribution in [3.8, 4) is 0 Å². The van der Waals surface area contributed by atoms with Gasteiger partial charge in [-0.3, -0.25) is 14.7 Å². The second-order valence-electron chi connectivity index (χ2n) is 7.57. The number of piperidine rings is 1. The molecule has 3 aromatic rings. The van der Waals surface area contributed by atoms with Crippen LogP contribution in [0.25, 0.3) is 0 Å². The van der Waals surface area contributed by atoms with Crippen molar-refractivity contribution in [3.63, 3.8) is 0 Å². The van der Waals surface area contributed by atoms with E-state index < -0.39 is 0 Å². The van der Waals surface area contributed by atoms with Crippen molar-refractivity contribution in [2.75, 3.05) is 18.4 Å². The Bertz CT molecular complexity index is 951. The maximum Gasteiger partial charge on any atom is 0.227 e. The minimum Gasteiger partial charge on any atom is -0.326 e. The molecule has 1 aromatic carbocycles. The van der Waals surface area contributed by atoms with Crippen molar-refractivity contribution in [2.45, 2.75) is 37.0 Å². The number of nitrogens with one attached hydrogen (secondary N) is 1. The van der Waals surface area contributed by atoms with Gasteiger partial charge in [0.15, 0.2) is 0 Å². The highest BCUT2D eigenvalue weighted by molar-refractivity contribution is 7.98. The zero-order valence-electron chi connectivity index (χ0n) is 17.1. The van der Waals surface area contributed by atoms with Gasteiger partial charge in [-0.1, -0.05) is 6.07 Å². The van der Waals surface area contributed by atoms with E-state index in [1.807, 2.05) is 31.3 Å². The molecule has 0 radical (unpaired) electrons. The molecule has 1 amide bonds. The van der Waals surface area contributed by atoms with Gasteiger partial charge < -0.3 is 5.32 Å². The van der Waals surface area contributed by atoms with E-state index >= 15 is 0 Å². The highest BCUT2D eigenvalue weighted by atomic mass is 32.2. The van der Waals surface area contributed by atoms with Crippen LogP contribution in [0.5, 0.6) is 0 Å². The number of benzene rings is 1. The molecule has 156 valence electrons. The number of thiazole rings is 1. The molecule has 4 rings (SSSR count). The van der Waals surface area contributed by atoms with Crippen molar-refractivity contribution in [1.82, 2.24) is 14.9 Å². The molecule has 7 heteroatoms. The number of carbonyl (C=O) groups is 1. The summed E-state index contributed by atoms with van der Waals surface area (Å²) in [6.07, 6.45) is 5.48. The van der Waals surface area contributed by atoms with Crippen LogP contribution in [0, 0.1) is 12.8 Å². The summed E-state index contributed by atoms with van der Waals surface area (Å²) in [5.41, 5.74) is 3.21. The van der Waals surface area contributed by atoms with Crippen LogP contribution in [-0.4, -0.2) is 33.9 Å². The number of rotatable bonds is 7. The number of aryl methyl sites for hydroxylation is 1. The van der Waals surface area contributed by atoms with Crippen LogP contribution in [0.3, 0.4) is 0 Å². The molecule has 1 saturated heterocycles. The summed E-state index contributed by atoms with van der Waals surface area (Å²) >= 11 is 3.47. The summed E-state index contributed by atoms with van der Waals surface area (Å²) in [5.74, 6) is 1.10. The number of carbonyl (C=O) groups excluding carboxylic acids is 1. The Morgan fingerprint density at radius 3 is 2.70 bits per heavy atom. The Morgan fingerprint density at radius 2 is 2.03 bits per heavy atom. The van der Waals surface area contributed by atoms with E-state index in [-0.39, 0.29) is 11.8 Å². The maximum atomic E-state index is 12.7. The van der Waals surface area contributed by atoms with Gasteiger partial charge in [0.2, 0.25) is 5.91 Å². The van der Waals surface area contributed by atoms with Gasteiger partial charge in [-0.25, -0.2) is 4.98 Å². The topological polar surface area (TPSA) is 58.1 Å². The number of amides is 1. The molecule has 1 aliphatic heterocycles. The SMILES string of the molecule is Cc1nc(CN2CCC(C(=O)Nc3ccc(SCc4cccnc4)cc3)CC2)cs1. The van der Waals surface area contributed by atoms with Crippen LogP contribution in [0.4, 0.5) is 5.69 Å². The molecule has 5 nitrogen and oxygen atoms in total. The molecule has 0 saturated carbocycles. The monoisotopic (exact) mass is 438 g/mol. The molecular formula is C23H26N4OS2. The predicted octanol–water partition coefficient (Wildman–Crippen LogP) is 4.99. The Morgan fingerprint density at radius 1 is 1.23 bits per heavy atom. The highest BCUT2D eigenvalue weighted by Crippen LogP contribution is 2.25. The number of anilines is 1. The lowest BCUT2D eigenvalue weighted by molar-refractivity contribution is -0.121. The van der Waals surface area contributed by atoms with Crippen molar-refractivity contribution in [1.29, 1.82) is 0 Å². The Labute approximate surface area is 185 Å². The Kier molecular flexibility index (Phi) is 7.15. The van der Waals surface area contributed by atoms with Gasteiger partial charge >= 0.3 is 0 Å². The van der Waals surface area contributed by atoms with E-state index in [1.54, 1.807) is 29.3 Å². The van der Waals surface area contributed by atoms with Gasteiger partial charge in [-0.2, -0.15) is 0 Å². The molecule has 1 N–H and O–H groups in total. The molecule has 0 aliphatic carbocycles. The van der Waals surface area contributed by atoms with E-state index in [4.69, 9.17) is 0 Å². The van der Waals surface area contributed by atoms with Crippen molar-refractivity contribution in [3.05, 3.63) is 70.4 Å². The van der Waals surface area contributed by atoms with Crippen LogP contribution < -0.4 is 5.32 Å². The standard InChI is InChI=1S/C23H26N4OS2/c1-17-25-21(16-29-17)14-27-11-8-19(9-12-27)23(28)26-20-4-6-22(7-5-20)30-15-18-3-2-10-24-13-18/h2-7,10,13,16,19H,8-9,11-12,14-15H2,1H3,(H,26,28). The number of hydrogen-bond donors (Lipinski definition) is 1. The van der Waals surface area contributed by atoms with Gasteiger partial charge in [0.25, 0.3) is 0 Å². The fourth-order valence-corrected chi connectivity index (χ4v) is 5.03. The number of pyridine rings is 1. The van der Waals surface area contributed by atoms with Crippen LogP contribution in [0.2, 0.25) is 0 Å². The van der Waals surface area contributed by atoms with Gasteiger partial charge in [0, 0.05) is 46.6 Å². The van der Waals surface area contributed by atoms with Crippen LogP contribution in [0.15, 0.2) is 59.1 Å². The molecule has 1 aliphatic rings. The van der Waals surface area contributed by atoms with Crippen molar-refractivity contribution < 1.29 is 4.79 Å². The molecular weight excluding hydrogens is 412 g/mol. The lowest BCUT2D eigenvalue weighted by atomic mass is 9.95. The smallest absolute Gasteiger partial charge is 0.227 e. The number of likely N-dealkylation sites (tertiary alicyclic amines) is 1. The molecule has 0 atom stereocenters. The Balaban J connectivity index is 1.22. The third-order valence-electron chi connectivity index (χ3n) is 5.26. The lowest BCUT2D eigenvalue weighted by Crippen LogP contribution is -2.37. The quantitative estimate of drug-likeness (QED) is 0.527. The molecule has 0 spiro atoms. The first-order valence-electron chi connectivity index (χ1n) is 10.2. The third kappa shape index (κ3) is 5.90. The van der Waals surface area contributed by atoms with Crippen molar-refractivity contribution in [2.24, 2.45) is 5.92 Å². The average Bonchev–Trinajstić information content (AvgIpc) is 3.19. The van der Waals surface area contributed by atoms with Crippen LogP contribution >= 0.6 is 23.1 Å². The van der Waals surface area contributed by atoms with Gasteiger partial charge in [0.05, 0.1) is 10.7 Å². The summed E-state index contributed by atoms with van der Waals surface area (Å²) in [4.78, 5) is 25.0. The minimum atomic E-state index is 0.0815. The number of thioether (sulfide) groups is 1. The first kappa shape index (κ1) is 21.0. The molecule has 30 heavy (non-hydrogen) atoms. The van der Waals surface area contributed by atoms with E-state index in [0.29, 0.717) is 0 Å². The number of hydrogen-bond acceptors (Lipinski definition) is 6. The normalized spacial score (nSPS) is 15.2. The van der Waals surface area contributed by atoms with Gasteiger partial charge in [-0.15, -0.1) is 23.1 Å². The van der Waals surface area contributed by atoms with Gasteiger partial charge in [0.1, 0.15) is 0 Å². The Hall–Kier alpha value is -2.22. The second-order valence-corrected chi connectivity index (χ2v) is 9.68. The van der Waals surface area contributed by atoms with Gasteiger partial charge in [-0.05, 0) is 68.8 Å². The summed E-state index contributed by atoms with van der Waals surface area (Å²) in [6, 6.07) is 12.1. The van der Waals surface area contributed by atoms with E-state index in [1.165, 1.54) is 10.5 Å². The van der Waals surface area contributed by atoms with Crippen LogP contribution in [0.1, 0.15) is 29.1 Å². The molecule has 0 bridgehead atoms. The fourth-order valence-electron chi connectivity index (χ4n) is 3.59. The maximum absolute atomic E-state index is 12.7. The molecule has 0 unspecified atom stereocenters. The molecule has 3 heterocycles. The zero-order chi connectivity index (χ0) is 20.8. The molecule has 1 fully saturated rings. The van der Waals surface area contributed by atoms with E-state index in [2.05, 4.69) is 43.8 Å². The van der Waals surface area contributed by atoms with Crippen LogP contribution in [-0.2, 0) is 17.1 Å². The summed E-state index contributed by atoms with van der Waals surface area (Å²) in [6.45, 7) is 4.81.